The van der Waals surface area contributed by atoms with E-state index in [0.29, 0.717) is 15.6 Å². The van der Waals surface area contributed by atoms with Gasteiger partial charge in [0.15, 0.2) is 6.61 Å². The predicted octanol–water partition coefficient (Wildman–Crippen LogP) is 2.03. The minimum absolute atomic E-state index is 0.301. The zero-order valence-corrected chi connectivity index (χ0v) is 13.3. The van der Waals surface area contributed by atoms with Gasteiger partial charge < -0.3 is 14.8 Å². The van der Waals surface area contributed by atoms with Crippen LogP contribution in [0, 0.1) is 6.92 Å². The van der Waals surface area contributed by atoms with Crippen molar-refractivity contribution in [2.24, 2.45) is 0 Å². The molecule has 0 unspecified atom stereocenters. The maximum absolute atomic E-state index is 12.0. The highest BCUT2D eigenvalue weighted by Crippen LogP contribution is 2.29. The molecule has 2 rings (SSSR count). The molecule has 0 fully saturated rings. The van der Waals surface area contributed by atoms with Crippen molar-refractivity contribution in [2.75, 3.05) is 20.8 Å². The SMILES string of the molecule is CNC(=O)COC(=O)c1sc(-c2ccc(OC)cc2)nc1C. The third kappa shape index (κ3) is 3.62. The minimum Gasteiger partial charge on any atom is -0.497 e. The average molecular weight is 320 g/mol. The summed E-state index contributed by atoms with van der Waals surface area (Å²) in [5, 5.41) is 3.10. The number of nitrogens with one attached hydrogen (secondary N) is 1. The summed E-state index contributed by atoms with van der Waals surface area (Å²) < 4.78 is 10.1. The summed E-state index contributed by atoms with van der Waals surface area (Å²) in [5.74, 6) is -0.147. The fourth-order valence-electron chi connectivity index (χ4n) is 1.71. The van der Waals surface area contributed by atoms with E-state index in [0.717, 1.165) is 11.3 Å². The lowest BCUT2D eigenvalue weighted by atomic mass is 10.2. The second-order valence-corrected chi connectivity index (χ2v) is 5.41. The number of esters is 1. The van der Waals surface area contributed by atoms with Crippen molar-refractivity contribution < 1.29 is 19.1 Å². The molecule has 1 N–H and O–H groups in total. The highest BCUT2D eigenvalue weighted by Gasteiger charge is 2.18. The number of amides is 1. The number of carbonyl (C=O) groups excluding carboxylic acids is 2. The third-order valence-electron chi connectivity index (χ3n) is 2.93. The van der Waals surface area contributed by atoms with E-state index < -0.39 is 5.97 Å². The van der Waals surface area contributed by atoms with E-state index in [9.17, 15) is 9.59 Å². The molecule has 0 bridgehead atoms. The van der Waals surface area contributed by atoms with Gasteiger partial charge in [0.2, 0.25) is 0 Å². The minimum atomic E-state index is -0.543. The molecule has 6 nitrogen and oxygen atoms in total. The number of rotatable bonds is 5. The Morgan fingerprint density at radius 1 is 1.27 bits per heavy atom. The van der Waals surface area contributed by atoms with Gasteiger partial charge >= 0.3 is 5.97 Å². The van der Waals surface area contributed by atoms with Gasteiger partial charge in [-0.05, 0) is 31.2 Å². The first-order valence-corrected chi connectivity index (χ1v) is 7.36. The first-order chi connectivity index (χ1) is 10.5. The van der Waals surface area contributed by atoms with Crippen LogP contribution in [-0.2, 0) is 9.53 Å². The lowest BCUT2D eigenvalue weighted by Crippen LogP contribution is -2.25. The van der Waals surface area contributed by atoms with Crippen molar-refractivity contribution in [3.8, 4) is 16.3 Å². The van der Waals surface area contributed by atoms with Crippen LogP contribution >= 0.6 is 11.3 Å². The molecule has 1 aromatic carbocycles. The quantitative estimate of drug-likeness (QED) is 0.853. The second kappa shape index (κ2) is 7.04. The smallest absolute Gasteiger partial charge is 0.350 e. The summed E-state index contributed by atoms with van der Waals surface area (Å²) in [7, 11) is 3.08. The van der Waals surface area contributed by atoms with E-state index in [-0.39, 0.29) is 12.5 Å². The van der Waals surface area contributed by atoms with E-state index in [1.165, 1.54) is 18.4 Å². The molecule has 1 aromatic heterocycles. The summed E-state index contributed by atoms with van der Waals surface area (Å²) in [5.41, 5.74) is 1.47. The number of hydrogen-bond donors (Lipinski definition) is 1. The second-order valence-electron chi connectivity index (χ2n) is 4.41. The maximum atomic E-state index is 12.0. The van der Waals surface area contributed by atoms with Crippen molar-refractivity contribution in [3.63, 3.8) is 0 Å². The van der Waals surface area contributed by atoms with Crippen LogP contribution in [0.3, 0.4) is 0 Å². The zero-order valence-electron chi connectivity index (χ0n) is 12.5. The molecule has 116 valence electrons. The number of benzene rings is 1. The van der Waals surface area contributed by atoms with E-state index >= 15 is 0 Å². The van der Waals surface area contributed by atoms with Gasteiger partial charge in [-0.2, -0.15) is 0 Å². The standard InChI is InChI=1S/C15H16N2O4S/c1-9-13(15(19)21-8-12(18)16-2)22-14(17-9)10-4-6-11(20-3)7-5-10/h4-7H,8H2,1-3H3,(H,16,18). The van der Waals surface area contributed by atoms with E-state index in [1.54, 1.807) is 14.0 Å². The molecule has 0 aliphatic carbocycles. The summed E-state index contributed by atoms with van der Waals surface area (Å²) >= 11 is 1.24. The van der Waals surface area contributed by atoms with Crippen molar-refractivity contribution in [2.45, 2.75) is 6.92 Å². The van der Waals surface area contributed by atoms with Crippen molar-refractivity contribution in [3.05, 3.63) is 34.8 Å². The van der Waals surface area contributed by atoms with Crippen LogP contribution in [0.2, 0.25) is 0 Å². The van der Waals surface area contributed by atoms with Gasteiger partial charge in [0.1, 0.15) is 15.6 Å². The van der Waals surface area contributed by atoms with E-state index in [4.69, 9.17) is 9.47 Å². The zero-order chi connectivity index (χ0) is 16.1. The number of thiazole rings is 1. The van der Waals surface area contributed by atoms with E-state index in [2.05, 4.69) is 10.3 Å². The molecule has 1 amide bonds. The van der Waals surface area contributed by atoms with Crippen molar-refractivity contribution >= 4 is 23.2 Å². The fourth-order valence-corrected chi connectivity index (χ4v) is 2.68. The number of aryl methyl sites for hydroxylation is 1. The Bertz CT molecular complexity index is 679. The third-order valence-corrected chi connectivity index (χ3v) is 4.12. The first-order valence-electron chi connectivity index (χ1n) is 6.54. The Morgan fingerprint density at radius 3 is 2.55 bits per heavy atom. The van der Waals surface area contributed by atoms with Crippen molar-refractivity contribution in [1.82, 2.24) is 10.3 Å². The van der Waals surface area contributed by atoms with Gasteiger partial charge in [0.25, 0.3) is 5.91 Å². The van der Waals surface area contributed by atoms with Crippen LogP contribution in [-0.4, -0.2) is 37.6 Å². The maximum Gasteiger partial charge on any atom is 0.350 e. The molecule has 0 saturated carbocycles. The Kier molecular flexibility index (Phi) is 5.11. The predicted molar refractivity (Wildman–Crippen MR) is 83.2 cm³/mol. The molecule has 22 heavy (non-hydrogen) atoms. The lowest BCUT2D eigenvalue weighted by molar-refractivity contribution is -0.123. The Hall–Kier alpha value is -2.41. The van der Waals surface area contributed by atoms with Gasteiger partial charge in [0, 0.05) is 12.6 Å². The molecule has 1 heterocycles. The molecule has 0 aliphatic rings. The molecule has 7 heteroatoms. The largest absolute Gasteiger partial charge is 0.497 e. The van der Waals surface area contributed by atoms with Gasteiger partial charge in [-0.15, -0.1) is 11.3 Å². The monoisotopic (exact) mass is 320 g/mol. The summed E-state index contributed by atoms with van der Waals surface area (Å²) in [6.07, 6.45) is 0. The molecular formula is C15H16N2O4S. The Labute approximate surface area is 132 Å². The number of aromatic nitrogens is 1. The number of likely N-dealkylation sites (N-methyl/N-ethyl adjacent to an activating group) is 1. The highest BCUT2D eigenvalue weighted by atomic mass is 32.1. The Morgan fingerprint density at radius 2 is 1.95 bits per heavy atom. The topological polar surface area (TPSA) is 77.5 Å². The molecule has 0 spiro atoms. The molecule has 0 atom stereocenters. The summed E-state index contributed by atoms with van der Waals surface area (Å²) in [6, 6.07) is 7.40. The Balaban J connectivity index is 2.16. The number of methoxy groups -OCH3 is 1. The van der Waals surface area contributed by atoms with Crippen LogP contribution in [0.4, 0.5) is 0 Å². The summed E-state index contributed by atoms with van der Waals surface area (Å²) in [4.78, 5) is 27.9. The first kappa shape index (κ1) is 16.0. The fraction of sp³-hybridized carbons (Fsp3) is 0.267. The summed E-state index contributed by atoms with van der Waals surface area (Å²) in [6.45, 7) is 1.44. The van der Waals surface area contributed by atoms with Gasteiger partial charge in [-0.3, -0.25) is 4.79 Å². The number of nitrogens with zero attached hydrogens (tertiary/aromatic N) is 1. The van der Waals surface area contributed by atoms with E-state index in [1.807, 2.05) is 24.3 Å². The van der Waals surface area contributed by atoms with Gasteiger partial charge in [-0.25, -0.2) is 9.78 Å². The molecule has 0 radical (unpaired) electrons. The lowest BCUT2D eigenvalue weighted by Gasteiger charge is -2.02. The molecule has 0 aliphatic heterocycles. The van der Waals surface area contributed by atoms with Crippen LogP contribution in [0.1, 0.15) is 15.4 Å². The van der Waals surface area contributed by atoms with Gasteiger partial charge in [0.05, 0.1) is 12.8 Å². The molecule has 2 aromatic rings. The number of hydrogen-bond acceptors (Lipinski definition) is 6. The van der Waals surface area contributed by atoms with Crippen LogP contribution in [0.15, 0.2) is 24.3 Å². The normalized spacial score (nSPS) is 10.1. The van der Waals surface area contributed by atoms with Crippen LogP contribution < -0.4 is 10.1 Å². The number of carbonyl (C=O) groups is 2. The molecular weight excluding hydrogens is 304 g/mol. The molecule has 0 saturated heterocycles. The average Bonchev–Trinajstić information content (AvgIpc) is 2.94. The van der Waals surface area contributed by atoms with Gasteiger partial charge in [-0.1, -0.05) is 0 Å². The highest BCUT2D eigenvalue weighted by molar-refractivity contribution is 7.17. The van der Waals surface area contributed by atoms with Crippen LogP contribution in [0.25, 0.3) is 10.6 Å². The number of ether oxygens (including phenoxy) is 2. The van der Waals surface area contributed by atoms with Crippen LogP contribution in [0.5, 0.6) is 5.75 Å². The van der Waals surface area contributed by atoms with Crippen molar-refractivity contribution in [1.29, 1.82) is 0 Å².